The first-order valence-electron chi connectivity index (χ1n) is 8.57. The van der Waals surface area contributed by atoms with Crippen LogP contribution in [0.25, 0.3) is 0 Å². The van der Waals surface area contributed by atoms with Crippen molar-refractivity contribution < 1.29 is 8.42 Å². The lowest BCUT2D eigenvalue weighted by molar-refractivity contribution is 0.111. The Balaban J connectivity index is 2.90. The van der Waals surface area contributed by atoms with Gasteiger partial charge in [-0.1, -0.05) is 57.6 Å². The SMILES string of the molecule is CCN(CC)C(C(=S)SNS(=O)(=O)c1ccc(C)cc1)N(CC)CC. The highest BCUT2D eigenvalue weighted by atomic mass is 32.3. The fourth-order valence-electron chi connectivity index (χ4n) is 2.58. The van der Waals surface area contributed by atoms with Crippen molar-refractivity contribution >= 4 is 38.4 Å². The number of rotatable bonds is 10. The normalized spacial score (nSPS) is 12.3. The average molecular weight is 404 g/mol. The molecule has 0 radical (unpaired) electrons. The van der Waals surface area contributed by atoms with E-state index in [0.29, 0.717) is 4.20 Å². The molecule has 8 heteroatoms. The number of nitrogens with zero attached hydrogens (tertiary/aromatic N) is 2. The van der Waals surface area contributed by atoms with Gasteiger partial charge in [-0.05, 0) is 57.2 Å². The van der Waals surface area contributed by atoms with Gasteiger partial charge in [0.1, 0.15) is 6.17 Å². The van der Waals surface area contributed by atoms with Gasteiger partial charge in [-0.3, -0.25) is 9.80 Å². The van der Waals surface area contributed by atoms with E-state index in [4.69, 9.17) is 12.2 Å². The van der Waals surface area contributed by atoms with Gasteiger partial charge in [-0.2, -0.15) is 0 Å². The molecule has 0 aliphatic rings. The van der Waals surface area contributed by atoms with Gasteiger partial charge in [0.25, 0.3) is 0 Å². The van der Waals surface area contributed by atoms with Gasteiger partial charge >= 0.3 is 0 Å². The molecule has 0 fully saturated rings. The fourth-order valence-corrected chi connectivity index (χ4v) is 5.24. The highest BCUT2D eigenvalue weighted by Crippen LogP contribution is 2.18. The van der Waals surface area contributed by atoms with Crippen molar-refractivity contribution in [2.45, 2.75) is 45.7 Å². The maximum Gasteiger partial charge on any atom is 0.250 e. The minimum absolute atomic E-state index is 0.0780. The maximum atomic E-state index is 12.5. The summed E-state index contributed by atoms with van der Waals surface area (Å²) in [5, 5.41) is 0. The Kier molecular flexibility index (Phi) is 9.55. The van der Waals surface area contributed by atoms with E-state index >= 15 is 0 Å². The molecule has 0 aliphatic heterocycles. The van der Waals surface area contributed by atoms with E-state index in [0.717, 1.165) is 43.7 Å². The van der Waals surface area contributed by atoms with Crippen molar-refractivity contribution in [3.63, 3.8) is 0 Å². The van der Waals surface area contributed by atoms with Crippen LogP contribution in [0.15, 0.2) is 29.2 Å². The lowest BCUT2D eigenvalue weighted by Crippen LogP contribution is -2.52. The zero-order valence-electron chi connectivity index (χ0n) is 15.7. The van der Waals surface area contributed by atoms with Gasteiger partial charge in [-0.25, -0.2) is 8.42 Å². The monoisotopic (exact) mass is 403 g/mol. The molecule has 25 heavy (non-hydrogen) atoms. The molecule has 0 amide bonds. The van der Waals surface area contributed by atoms with Crippen molar-refractivity contribution in [2.75, 3.05) is 26.2 Å². The molecule has 0 spiro atoms. The highest BCUT2D eigenvalue weighted by Gasteiger charge is 2.27. The molecular weight excluding hydrogens is 374 g/mol. The van der Waals surface area contributed by atoms with Gasteiger partial charge in [-0.15, -0.1) is 4.13 Å². The van der Waals surface area contributed by atoms with Crippen LogP contribution in [-0.4, -0.2) is 54.8 Å². The second kappa shape index (κ2) is 10.6. The average Bonchev–Trinajstić information content (AvgIpc) is 2.60. The molecule has 0 aromatic heterocycles. The van der Waals surface area contributed by atoms with E-state index in [2.05, 4.69) is 41.6 Å². The Hall–Kier alpha value is -0.510. The van der Waals surface area contributed by atoms with E-state index in [1.165, 1.54) is 0 Å². The smallest absolute Gasteiger partial charge is 0.250 e. The Morgan fingerprint density at radius 2 is 1.48 bits per heavy atom. The molecule has 0 saturated heterocycles. The van der Waals surface area contributed by atoms with Crippen LogP contribution in [0, 0.1) is 6.92 Å². The van der Waals surface area contributed by atoms with Gasteiger partial charge in [0, 0.05) is 0 Å². The number of hydrogen-bond donors (Lipinski definition) is 1. The first-order chi connectivity index (χ1) is 11.8. The first kappa shape index (κ1) is 22.5. The third-order valence-electron chi connectivity index (χ3n) is 4.11. The zero-order chi connectivity index (χ0) is 19.0. The number of nitrogens with one attached hydrogen (secondary N) is 1. The van der Waals surface area contributed by atoms with Crippen molar-refractivity contribution in [1.82, 2.24) is 13.9 Å². The predicted octanol–water partition coefficient (Wildman–Crippen LogP) is 3.26. The Bertz CT molecular complexity index is 628. The van der Waals surface area contributed by atoms with Crippen LogP contribution >= 0.6 is 24.2 Å². The predicted molar refractivity (Wildman–Crippen MR) is 111 cm³/mol. The van der Waals surface area contributed by atoms with E-state index in [1.54, 1.807) is 24.3 Å². The lowest BCUT2D eigenvalue weighted by atomic mass is 10.2. The third-order valence-corrected chi connectivity index (χ3v) is 7.09. The van der Waals surface area contributed by atoms with Crippen molar-refractivity contribution in [3.8, 4) is 0 Å². The molecule has 1 N–H and O–H groups in total. The molecule has 0 aliphatic carbocycles. The van der Waals surface area contributed by atoms with Gasteiger partial charge < -0.3 is 0 Å². The molecule has 1 rings (SSSR count). The molecule has 0 unspecified atom stereocenters. The Morgan fingerprint density at radius 1 is 1.04 bits per heavy atom. The Labute approximate surface area is 162 Å². The number of hydrogen-bond acceptors (Lipinski definition) is 6. The van der Waals surface area contributed by atoms with E-state index in [1.807, 2.05) is 6.92 Å². The number of thiocarbonyl (C=S) groups is 1. The lowest BCUT2D eigenvalue weighted by Gasteiger charge is -2.37. The van der Waals surface area contributed by atoms with Crippen molar-refractivity contribution in [3.05, 3.63) is 29.8 Å². The van der Waals surface area contributed by atoms with Crippen LogP contribution < -0.4 is 4.13 Å². The molecule has 5 nitrogen and oxygen atoms in total. The summed E-state index contributed by atoms with van der Waals surface area (Å²) >= 11 is 6.60. The highest BCUT2D eigenvalue weighted by molar-refractivity contribution is 8.26. The summed E-state index contributed by atoms with van der Waals surface area (Å²) in [6.07, 6.45) is -0.0780. The van der Waals surface area contributed by atoms with Crippen molar-refractivity contribution in [2.24, 2.45) is 0 Å². The minimum atomic E-state index is -3.60. The van der Waals surface area contributed by atoms with Crippen LogP contribution in [0.5, 0.6) is 0 Å². The molecule has 1 aromatic rings. The molecular formula is C17H29N3O2S3. The van der Waals surface area contributed by atoms with E-state index in [-0.39, 0.29) is 11.1 Å². The van der Waals surface area contributed by atoms with Gasteiger partial charge in [0.2, 0.25) is 10.0 Å². The number of aryl methyl sites for hydroxylation is 1. The standard InChI is InChI=1S/C17H29N3O2S3/c1-6-19(7-2)16(20(8-3)9-4)17(23)24-18-25(21,22)15-12-10-14(5)11-13-15/h10-13,16,18H,6-9H2,1-5H3. The molecule has 0 bridgehead atoms. The fraction of sp³-hybridized carbons (Fsp3) is 0.588. The molecule has 1 aromatic carbocycles. The minimum Gasteiger partial charge on any atom is -0.283 e. The zero-order valence-corrected chi connectivity index (χ0v) is 18.1. The van der Waals surface area contributed by atoms with Crippen molar-refractivity contribution in [1.29, 1.82) is 0 Å². The summed E-state index contributed by atoms with van der Waals surface area (Å²) in [6.45, 7) is 13.7. The molecule has 142 valence electrons. The van der Waals surface area contributed by atoms with E-state index < -0.39 is 10.0 Å². The molecule has 0 atom stereocenters. The molecule has 0 heterocycles. The summed E-state index contributed by atoms with van der Waals surface area (Å²) in [5.74, 6) is 0. The second-order valence-corrected chi connectivity index (χ2v) is 9.12. The molecule has 0 saturated carbocycles. The van der Waals surface area contributed by atoms with Crippen LogP contribution in [-0.2, 0) is 10.0 Å². The number of benzene rings is 1. The second-order valence-electron chi connectivity index (χ2n) is 5.64. The van der Waals surface area contributed by atoms with Gasteiger partial charge in [0.15, 0.2) is 0 Å². The van der Waals surface area contributed by atoms with E-state index in [9.17, 15) is 8.42 Å². The first-order valence-corrected chi connectivity index (χ1v) is 11.3. The quantitative estimate of drug-likeness (QED) is 0.368. The van der Waals surface area contributed by atoms with Crippen LogP contribution in [0.3, 0.4) is 0 Å². The Morgan fingerprint density at radius 3 is 1.88 bits per heavy atom. The largest absolute Gasteiger partial charge is 0.283 e. The number of sulfonamides is 1. The summed E-state index contributed by atoms with van der Waals surface area (Å²) in [5.41, 5.74) is 1.02. The summed E-state index contributed by atoms with van der Waals surface area (Å²) in [4.78, 5) is 4.72. The third kappa shape index (κ3) is 6.30. The summed E-state index contributed by atoms with van der Waals surface area (Å²) < 4.78 is 28.1. The van der Waals surface area contributed by atoms with Crippen LogP contribution in [0.1, 0.15) is 33.3 Å². The van der Waals surface area contributed by atoms with Crippen LogP contribution in [0.2, 0.25) is 0 Å². The summed E-state index contributed by atoms with van der Waals surface area (Å²) in [7, 11) is -3.60. The maximum absolute atomic E-state index is 12.5. The van der Waals surface area contributed by atoms with Gasteiger partial charge in [0.05, 0.1) is 9.09 Å². The topological polar surface area (TPSA) is 52.7 Å². The summed E-state index contributed by atoms with van der Waals surface area (Å²) in [6, 6.07) is 6.78. The van der Waals surface area contributed by atoms with Crippen LogP contribution in [0.4, 0.5) is 0 Å².